The predicted molar refractivity (Wildman–Crippen MR) is 99.4 cm³/mol. The molecule has 2 aliphatic rings. The van der Waals surface area contributed by atoms with Crippen molar-refractivity contribution in [2.75, 3.05) is 7.05 Å². The van der Waals surface area contributed by atoms with Crippen molar-refractivity contribution in [2.45, 2.75) is 32.3 Å². The fourth-order valence-electron chi connectivity index (χ4n) is 3.35. The van der Waals surface area contributed by atoms with E-state index in [1.54, 1.807) is 0 Å². The van der Waals surface area contributed by atoms with E-state index in [0.717, 1.165) is 22.9 Å². The first-order chi connectivity index (χ1) is 11.7. The van der Waals surface area contributed by atoms with Crippen molar-refractivity contribution < 1.29 is 4.74 Å². The van der Waals surface area contributed by atoms with E-state index in [1.165, 1.54) is 35.7 Å². The number of aliphatic imine (C=N–C) groups is 1. The van der Waals surface area contributed by atoms with Gasteiger partial charge in [0.2, 0.25) is 0 Å². The summed E-state index contributed by atoms with van der Waals surface area (Å²) in [5, 5.41) is 4.64. The molecule has 1 aromatic heterocycles. The lowest BCUT2D eigenvalue weighted by Gasteiger charge is -2.26. The third-order valence-electron chi connectivity index (χ3n) is 4.97. The highest BCUT2D eigenvalue weighted by Gasteiger charge is 2.22. The van der Waals surface area contributed by atoms with E-state index in [9.17, 15) is 0 Å². The standard InChI is InChI=1S/C20H23N3O/c1-4-13-10-18(22-20(13)21-2)17-12-23(3)19-9-8-15(11-16(17)19)24-14-6-5-7-14/h4,8-12,14H,5-7H2,1-3H3,(H,21,22)/b13-4-. The molecule has 124 valence electrons. The van der Waals surface area contributed by atoms with Crippen LogP contribution in [0.3, 0.4) is 0 Å². The first-order valence-electron chi connectivity index (χ1n) is 8.58. The molecule has 0 radical (unpaired) electrons. The summed E-state index contributed by atoms with van der Waals surface area (Å²) in [5.41, 5.74) is 4.61. The molecule has 0 amide bonds. The highest BCUT2D eigenvalue weighted by atomic mass is 16.5. The maximum atomic E-state index is 6.09. The SMILES string of the molecule is C/C=C1/C=C(c2cn(C)c3ccc(OC4CCC4)cc23)NC1=NC. The minimum absolute atomic E-state index is 0.395. The summed E-state index contributed by atoms with van der Waals surface area (Å²) in [5.74, 6) is 1.89. The quantitative estimate of drug-likeness (QED) is 0.927. The van der Waals surface area contributed by atoms with Gasteiger partial charge in [-0.3, -0.25) is 4.99 Å². The molecule has 0 spiro atoms. The average molecular weight is 321 g/mol. The van der Waals surface area contributed by atoms with Gasteiger partial charge in [-0.05, 0) is 50.5 Å². The number of benzene rings is 1. The van der Waals surface area contributed by atoms with E-state index >= 15 is 0 Å². The third-order valence-corrected chi connectivity index (χ3v) is 4.97. The Hall–Kier alpha value is -2.49. The Balaban J connectivity index is 1.76. The van der Waals surface area contributed by atoms with Crippen molar-refractivity contribution >= 4 is 22.4 Å². The highest BCUT2D eigenvalue weighted by molar-refractivity contribution is 6.13. The van der Waals surface area contributed by atoms with Crippen molar-refractivity contribution in [1.29, 1.82) is 0 Å². The predicted octanol–water partition coefficient (Wildman–Crippen LogP) is 4.03. The van der Waals surface area contributed by atoms with E-state index in [-0.39, 0.29) is 0 Å². The summed E-state index contributed by atoms with van der Waals surface area (Å²) in [6.45, 7) is 2.04. The Morgan fingerprint density at radius 3 is 2.79 bits per heavy atom. The molecule has 1 N–H and O–H groups in total. The lowest BCUT2D eigenvalue weighted by atomic mass is 9.96. The number of hydrogen-bond acceptors (Lipinski definition) is 2. The summed E-state index contributed by atoms with van der Waals surface area (Å²) in [7, 11) is 3.90. The fourth-order valence-corrected chi connectivity index (χ4v) is 3.35. The van der Waals surface area contributed by atoms with Crippen molar-refractivity contribution in [1.82, 2.24) is 9.88 Å². The van der Waals surface area contributed by atoms with Crippen molar-refractivity contribution in [3.8, 4) is 5.75 Å². The molecule has 1 aromatic carbocycles. The second kappa shape index (κ2) is 5.86. The Bertz CT molecular complexity index is 882. The van der Waals surface area contributed by atoms with Gasteiger partial charge in [0.05, 0.1) is 6.10 Å². The van der Waals surface area contributed by atoms with Crippen molar-refractivity contribution in [3.63, 3.8) is 0 Å². The molecule has 1 fully saturated rings. The molecule has 4 nitrogen and oxygen atoms in total. The van der Waals surface area contributed by atoms with Gasteiger partial charge in [0, 0.05) is 48.0 Å². The average Bonchev–Trinajstić information content (AvgIpc) is 3.12. The molecule has 0 bridgehead atoms. The van der Waals surface area contributed by atoms with E-state index in [1.807, 2.05) is 14.0 Å². The summed E-state index contributed by atoms with van der Waals surface area (Å²) in [6.07, 6.45) is 10.4. The van der Waals surface area contributed by atoms with Crippen LogP contribution >= 0.6 is 0 Å². The number of allylic oxidation sites excluding steroid dienone is 1. The van der Waals surface area contributed by atoms with Gasteiger partial charge in [-0.25, -0.2) is 0 Å². The van der Waals surface area contributed by atoms with Crippen LogP contribution in [0.15, 0.2) is 47.1 Å². The minimum atomic E-state index is 0.395. The Morgan fingerprint density at radius 1 is 1.33 bits per heavy atom. The Morgan fingerprint density at radius 2 is 2.17 bits per heavy atom. The monoisotopic (exact) mass is 321 g/mol. The zero-order chi connectivity index (χ0) is 16.7. The van der Waals surface area contributed by atoms with Gasteiger partial charge in [0.25, 0.3) is 0 Å². The molecule has 2 aromatic rings. The molecule has 2 heterocycles. The summed E-state index contributed by atoms with van der Waals surface area (Å²) in [4.78, 5) is 4.33. The van der Waals surface area contributed by atoms with Crippen LogP contribution in [0.4, 0.5) is 0 Å². The van der Waals surface area contributed by atoms with Gasteiger partial charge in [-0.15, -0.1) is 0 Å². The summed E-state index contributed by atoms with van der Waals surface area (Å²) in [6, 6.07) is 6.40. The molecular weight excluding hydrogens is 298 g/mol. The number of aryl methyl sites for hydroxylation is 1. The van der Waals surface area contributed by atoms with Crippen LogP contribution < -0.4 is 10.1 Å². The molecule has 24 heavy (non-hydrogen) atoms. The van der Waals surface area contributed by atoms with Gasteiger partial charge in [0.1, 0.15) is 11.6 Å². The fraction of sp³-hybridized carbons (Fsp3) is 0.350. The molecule has 0 unspecified atom stereocenters. The van der Waals surface area contributed by atoms with Crippen LogP contribution in [0, 0.1) is 0 Å². The van der Waals surface area contributed by atoms with Gasteiger partial charge in [0.15, 0.2) is 0 Å². The van der Waals surface area contributed by atoms with Crippen molar-refractivity contribution in [2.24, 2.45) is 12.0 Å². The van der Waals surface area contributed by atoms with E-state index in [2.05, 4.69) is 58.5 Å². The topological polar surface area (TPSA) is 38.5 Å². The number of ether oxygens (including phenoxy) is 1. The minimum Gasteiger partial charge on any atom is -0.490 e. The molecular formula is C20H23N3O. The number of amidine groups is 1. The van der Waals surface area contributed by atoms with Gasteiger partial charge in [-0.2, -0.15) is 0 Å². The number of nitrogens with one attached hydrogen (secondary N) is 1. The number of hydrogen-bond donors (Lipinski definition) is 1. The lowest BCUT2D eigenvalue weighted by Crippen LogP contribution is -2.24. The second-order valence-electron chi connectivity index (χ2n) is 6.50. The first-order valence-corrected chi connectivity index (χ1v) is 8.58. The molecule has 1 aliphatic carbocycles. The van der Waals surface area contributed by atoms with Crippen LogP contribution in [-0.2, 0) is 7.05 Å². The van der Waals surface area contributed by atoms with Crippen molar-refractivity contribution in [3.05, 3.63) is 47.7 Å². The van der Waals surface area contributed by atoms with Crippen LogP contribution in [0.25, 0.3) is 16.6 Å². The maximum absolute atomic E-state index is 6.09. The zero-order valence-corrected chi connectivity index (χ0v) is 14.5. The van der Waals surface area contributed by atoms with Gasteiger partial charge in [-0.1, -0.05) is 6.08 Å². The number of fused-ring (bicyclic) bond motifs is 1. The molecule has 4 rings (SSSR count). The third kappa shape index (κ3) is 2.42. The van der Waals surface area contributed by atoms with Crippen LogP contribution in [-0.4, -0.2) is 23.6 Å². The highest BCUT2D eigenvalue weighted by Crippen LogP contribution is 2.33. The smallest absolute Gasteiger partial charge is 0.132 e. The maximum Gasteiger partial charge on any atom is 0.132 e. The Labute approximate surface area is 142 Å². The Kier molecular flexibility index (Phi) is 3.68. The molecule has 1 aliphatic heterocycles. The van der Waals surface area contributed by atoms with Gasteiger partial charge < -0.3 is 14.6 Å². The number of aromatic nitrogens is 1. The number of nitrogens with zero attached hydrogens (tertiary/aromatic N) is 2. The number of rotatable bonds is 3. The summed E-state index contributed by atoms with van der Waals surface area (Å²) < 4.78 is 8.25. The molecule has 1 saturated carbocycles. The normalized spacial score (nSPS) is 21.2. The molecule has 0 atom stereocenters. The second-order valence-corrected chi connectivity index (χ2v) is 6.50. The lowest BCUT2D eigenvalue weighted by molar-refractivity contribution is 0.120. The largest absolute Gasteiger partial charge is 0.490 e. The van der Waals surface area contributed by atoms with Crippen LogP contribution in [0.5, 0.6) is 5.75 Å². The summed E-state index contributed by atoms with van der Waals surface area (Å²) >= 11 is 0. The zero-order valence-electron chi connectivity index (χ0n) is 14.5. The molecule has 4 heteroatoms. The van der Waals surface area contributed by atoms with E-state index < -0.39 is 0 Å². The van der Waals surface area contributed by atoms with Gasteiger partial charge >= 0.3 is 0 Å². The first kappa shape index (κ1) is 15.1. The van der Waals surface area contributed by atoms with Crippen LogP contribution in [0.2, 0.25) is 0 Å². The van der Waals surface area contributed by atoms with Crippen LogP contribution in [0.1, 0.15) is 31.7 Å². The van der Waals surface area contributed by atoms with E-state index in [4.69, 9.17) is 4.74 Å². The molecule has 0 saturated heterocycles. The van der Waals surface area contributed by atoms with E-state index in [0.29, 0.717) is 6.10 Å².